The van der Waals surface area contributed by atoms with Gasteiger partial charge in [-0.1, -0.05) is 25.7 Å². The lowest BCUT2D eigenvalue weighted by atomic mass is 9.69. The normalized spacial score (nSPS) is 26.7. The van der Waals surface area contributed by atoms with Crippen LogP contribution >= 0.6 is 0 Å². The molecule has 0 N–H and O–H groups in total. The summed E-state index contributed by atoms with van der Waals surface area (Å²) in [6, 6.07) is 0. The Bertz CT molecular complexity index is 521. The van der Waals surface area contributed by atoms with E-state index in [4.69, 9.17) is 5.10 Å². The zero-order valence-corrected chi connectivity index (χ0v) is 14.8. The molecule has 4 heteroatoms. The lowest BCUT2D eigenvalue weighted by molar-refractivity contribution is 0.137. The van der Waals surface area contributed by atoms with Gasteiger partial charge in [-0.3, -0.25) is 0 Å². The summed E-state index contributed by atoms with van der Waals surface area (Å²) in [4.78, 5) is 2.49. The second kappa shape index (κ2) is 6.54. The highest BCUT2D eigenvalue weighted by Crippen LogP contribution is 2.49. The quantitative estimate of drug-likeness (QED) is 0.837. The summed E-state index contributed by atoms with van der Waals surface area (Å²) in [6.07, 6.45) is 14.6. The molecule has 2 fully saturated rings. The number of aryl methyl sites for hydroxylation is 1. The predicted molar refractivity (Wildman–Crippen MR) is 92.6 cm³/mol. The van der Waals surface area contributed by atoms with Gasteiger partial charge >= 0.3 is 0 Å². The molecule has 1 aliphatic carbocycles. The molecule has 2 aliphatic heterocycles. The Morgan fingerprint density at radius 3 is 2.39 bits per heavy atom. The molecule has 4 rings (SSSR count). The van der Waals surface area contributed by atoms with Crippen LogP contribution in [0.3, 0.4) is 0 Å². The number of piperidine rings is 1. The van der Waals surface area contributed by atoms with E-state index in [-0.39, 0.29) is 0 Å². The number of likely N-dealkylation sites (tertiary alicyclic amines) is 1. The van der Waals surface area contributed by atoms with Crippen molar-refractivity contribution in [2.75, 3.05) is 20.1 Å². The van der Waals surface area contributed by atoms with Crippen molar-refractivity contribution < 1.29 is 0 Å². The largest absolute Gasteiger partial charge is 0.315 e. The monoisotopic (exact) mass is 316 g/mol. The lowest BCUT2D eigenvalue weighted by Crippen LogP contribution is -2.42. The van der Waals surface area contributed by atoms with Crippen molar-refractivity contribution in [1.29, 1.82) is 0 Å². The first-order chi connectivity index (χ1) is 11.3. The van der Waals surface area contributed by atoms with Crippen LogP contribution in [0, 0.1) is 5.92 Å². The number of rotatable bonds is 2. The summed E-state index contributed by atoms with van der Waals surface area (Å²) < 4.78 is 2.56. The van der Waals surface area contributed by atoms with Gasteiger partial charge < -0.3 is 9.47 Å². The average Bonchev–Trinajstić information content (AvgIpc) is 3.16. The highest BCUT2D eigenvalue weighted by molar-refractivity contribution is 5.17. The van der Waals surface area contributed by atoms with Crippen molar-refractivity contribution in [3.63, 3.8) is 0 Å². The van der Waals surface area contributed by atoms with E-state index in [0.29, 0.717) is 5.41 Å². The summed E-state index contributed by atoms with van der Waals surface area (Å²) in [5.41, 5.74) is 0.339. The van der Waals surface area contributed by atoms with Crippen LogP contribution in [0.25, 0.3) is 0 Å². The van der Waals surface area contributed by atoms with Gasteiger partial charge in [-0.2, -0.15) is 0 Å². The molecule has 0 bridgehead atoms. The third-order valence-electron chi connectivity index (χ3n) is 6.80. The number of hydrogen-bond acceptors (Lipinski definition) is 3. The fourth-order valence-corrected chi connectivity index (χ4v) is 5.41. The SMILES string of the molecule is CN1CCC(C2(c3nnc4n3CCCCCC4)CCCC2)CC1. The van der Waals surface area contributed by atoms with Crippen molar-refractivity contribution in [3.05, 3.63) is 11.6 Å². The van der Waals surface area contributed by atoms with Crippen LogP contribution in [0.2, 0.25) is 0 Å². The third-order valence-corrected chi connectivity index (χ3v) is 6.80. The summed E-state index contributed by atoms with van der Waals surface area (Å²) in [5.74, 6) is 3.47. The minimum Gasteiger partial charge on any atom is -0.315 e. The van der Waals surface area contributed by atoms with Gasteiger partial charge in [0.25, 0.3) is 0 Å². The highest BCUT2D eigenvalue weighted by atomic mass is 15.3. The molecule has 1 saturated carbocycles. The van der Waals surface area contributed by atoms with Crippen LogP contribution in [-0.2, 0) is 18.4 Å². The molecule has 0 radical (unpaired) electrons. The molecule has 0 amide bonds. The molecule has 1 aromatic rings. The van der Waals surface area contributed by atoms with Crippen molar-refractivity contribution in [2.45, 2.75) is 82.6 Å². The van der Waals surface area contributed by atoms with E-state index in [1.807, 2.05) is 0 Å². The van der Waals surface area contributed by atoms with Crippen LogP contribution in [0.4, 0.5) is 0 Å². The van der Waals surface area contributed by atoms with Gasteiger partial charge in [0, 0.05) is 18.4 Å². The molecule has 1 saturated heterocycles. The van der Waals surface area contributed by atoms with E-state index in [2.05, 4.69) is 21.6 Å². The Kier molecular flexibility index (Phi) is 4.44. The molecule has 3 aliphatic rings. The first-order valence-electron chi connectivity index (χ1n) is 9.91. The van der Waals surface area contributed by atoms with Crippen LogP contribution in [0.5, 0.6) is 0 Å². The fourth-order valence-electron chi connectivity index (χ4n) is 5.41. The van der Waals surface area contributed by atoms with Gasteiger partial charge in [0.15, 0.2) is 0 Å². The molecular weight excluding hydrogens is 284 g/mol. The number of nitrogens with zero attached hydrogens (tertiary/aromatic N) is 4. The molecule has 4 nitrogen and oxygen atoms in total. The minimum absolute atomic E-state index is 0.339. The Balaban J connectivity index is 1.67. The lowest BCUT2D eigenvalue weighted by Gasteiger charge is -2.41. The Hall–Kier alpha value is -0.900. The standard InChI is InChI=1S/C19H32N4/c1-22-14-9-16(10-15-22)19(11-5-6-12-19)18-21-20-17-8-4-2-3-7-13-23(17)18/h16H,2-15H2,1H3. The first-order valence-corrected chi connectivity index (χ1v) is 9.91. The molecule has 0 atom stereocenters. The number of fused-ring (bicyclic) bond motifs is 1. The Morgan fingerprint density at radius 2 is 1.61 bits per heavy atom. The van der Waals surface area contributed by atoms with Crippen LogP contribution in [0.1, 0.15) is 75.9 Å². The molecule has 128 valence electrons. The van der Waals surface area contributed by atoms with Crippen molar-refractivity contribution in [1.82, 2.24) is 19.7 Å². The van der Waals surface area contributed by atoms with Crippen molar-refractivity contribution in [3.8, 4) is 0 Å². The smallest absolute Gasteiger partial charge is 0.139 e. The first kappa shape index (κ1) is 15.6. The maximum Gasteiger partial charge on any atom is 0.139 e. The molecular formula is C19H32N4. The van der Waals surface area contributed by atoms with Gasteiger partial charge in [0.1, 0.15) is 11.6 Å². The van der Waals surface area contributed by atoms with Gasteiger partial charge in [-0.25, -0.2) is 0 Å². The maximum atomic E-state index is 4.83. The van der Waals surface area contributed by atoms with E-state index < -0.39 is 0 Å². The summed E-state index contributed by atoms with van der Waals surface area (Å²) in [6.45, 7) is 3.67. The van der Waals surface area contributed by atoms with Crippen molar-refractivity contribution in [2.24, 2.45) is 5.92 Å². The minimum atomic E-state index is 0.339. The van der Waals surface area contributed by atoms with E-state index in [0.717, 1.165) is 18.9 Å². The topological polar surface area (TPSA) is 34.0 Å². The van der Waals surface area contributed by atoms with Gasteiger partial charge in [-0.15, -0.1) is 10.2 Å². The third kappa shape index (κ3) is 2.84. The van der Waals surface area contributed by atoms with Crippen LogP contribution < -0.4 is 0 Å². The van der Waals surface area contributed by atoms with Crippen LogP contribution in [0.15, 0.2) is 0 Å². The summed E-state index contributed by atoms with van der Waals surface area (Å²) >= 11 is 0. The predicted octanol–water partition coefficient (Wildman–Crippen LogP) is 3.55. The van der Waals surface area contributed by atoms with E-state index in [9.17, 15) is 0 Å². The molecule has 0 spiro atoms. The zero-order chi connectivity index (χ0) is 15.7. The molecule has 0 aromatic carbocycles. The second-order valence-electron chi connectivity index (χ2n) is 8.20. The fraction of sp³-hybridized carbons (Fsp3) is 0.895. The maximum absolute atomic E-state index is 4.83. The van der Waals surface area contributed by atoms with Gasteiger partial charge in [0.2, 0.25) is 0 Å². The Morgan fingerprint density at radius 1 is 0.870 bits per heavy atom. The van der Waals surface area contributed by atoms with Crippen molar-refractivity contribution >= 4 is 0 Å². The molecule has 1 aromatic heterocycles. The molecule has 3 heterocycles. The summed E-state index contributed by atoms with van der Waals surface area (Å²) in [7, 11) is 2.27. The van der Waals surface area contributed by atoms with E-state index in [1.165, 1.54) is 88.9 Å². The Labute approximate surface area is 140 Å². The number of hydrogen-bond donors (Lipinski definition) is 0. The summed E-state index contributed by atoms with van der Waals surface area (Å²) in [5, 5.41) is 9.49. The average molecular weight is 316 g/mol. The number of aromatic nitrogens is 3. The zero-order valence-electron chi connectivity index (χ0n) is 14.8. The molecule has 23 heavy (non-hydrogen) atoms. The van der Waals surface area contributed by atoms with E-state index >= 15 is 0 Å². The van der Waals surface area contributed by atoms with Gasteiger partial charge in [0.05, 0.1) is 0 Å². The van der Waals surface area contributed by atoms with E-state index in [1.54, 1.807) is 0 Å². The van der Waals surface area contributed by atoms with Gasteiger partial charge in [-0.05, 0) is 64.6 Å². The highest BCUT2D eigenvalue weighted by Gasteiger charge is 2.47. The second-order valence-corrected chi connectivity index (χ2v) is 8.20. The molecule has 0 unspecified atom stereocenters. The van der Waals surface area contributed by atoms with Crippen LogP contribution in [-0.4, -0.2) is 39.8 Å².